The van der Waals surface area contributed by atoms with Crippen LogP contribution < -0.4 is 5.32 Å². The van der Waals surface area contributed by atoms with Crippen molar-refractivity contribution in [3.8, 4) is 5.75 Å². The number of halogens is 2. The molecule has 0 saturated carbocycles. The third-order valence-corrected chi connectivity index (χ3v) is 3.79. The third kappa shape index (κ3) is 4.75. The lowest BCUT2D eigenvalue weighted by atomic mass is 10.1. The number of carbonyl (C=O) groups is 1. The molecule has 0 spiro atoms. The van der Waals surface area contributed by atoms with E-state index in [0.717, 1.165) is 14.5 Å². The molecule has 0 aliphatic heterocycles. The third-order valence-electron chi connectivity index (χ3n) is 2.88. The van der Waals surface area contributed by atoms with Crippen LogP contribution >= 0.6 is 31.9 Å². The smallest absolute Gasteiger partial charge is 0.326 e. The molecule has 0 bridgehead atoms. The first-order valence-electron chi connectivity index (χ1n) is 6.17. The number of hydrogen-bond donors (Lipinski definition) is 3. The molecule has 0 aliphatic rings. The first-order valence-corrected chi connectivity index (χ1v) is 7.76. The summed E-state index contributed by atoms with van der Waals surface area (Å²) in [6.45, 7) is 0. The molecule has 4 nitrogen and oxygen atoms in total. The van der Waals surface area contributed by atoms with Gasteiger partial charge in [-0.05, 0) is 35.9 Å². The van der Waals surface area contributed by atoms with Crippen LogP contribution in [-0.4, -0.2) is 22.2 Å². The number of aromatic hydroxyl groups is 1. The van der Waals surface area contributed by atoms with E-state index in [9.17, 15) is 15.0 Å². The zero-order chi connectivity index (χ0) is 15.4. The zero-order valence-electron chi connectivity index (χ0n) is 10.9. The normalized spacial score (nSPS) is 11.9. The van der Waals surface area contributed by atoms with Gasteiger partial charge in [-0.15, -0.1) is 0 Å². The van der Waals surface area contributed by atoms with Crippen LogP contribution in [0.5, 0.6) is 5.75 Å². The van der Waals surface area contributed by atoms with Gasteiger partial charge in [0.15, 0.2) is 0 Å². The number of benzene rings is 2. The summed E-state index contributed by atoms with van der Waals surface area (Å²) in [7, 11) is 0. The van der Waals surface area contributed by atoms with E-state index in [0.29, 0.717) is 12.1 Å². The lowest BCUT2D eigenvalue weighted by Crippen LogP contribution is -2.31. The minimum atomic E-state index is -0.931. The van der Waals surface area contributed by atoms with Crippen molar-refractivity contribution in [2.75, 3.05) is 5.32 Å². The summed E-state index contributed by atoms with van der Waals surface area (Å²) < 4.78 is 1.71. The fourth-order valence-electron chi connectivity index (χ4n) is 1.91. The lowest BCUT2D eigenvalue weighted by molar-refractivity contribution is -0.137. The first kappa shape index (κ1) is 15.9. The van der Waals surface area contributed by atoms with Crippen LogP contribution in [-0.2, 0) is 11.2 Å². The fourth-order valence-corrected chi connectivity index (χ4v) is 3.20. The van der Waals surface area contributed by atoms with E-state index in [4.69, 9.17) is 0 Å². The molecule has 0 radical (unpaired) electrons. The Morgan fingerprint density at radius 3 is 2.19 bits per heavy atom. The molecule has 0 saturated heterocycles. The van der Waals surface area contributed by atoms with E-state index in [1.54, 1.807) is 24.3 Å². The summed E-state index contributed by atoms with van der Waals surface area (Å²) >= 11 is 6.74. The monoisotopic (exact) mass is 413 g/mol. The second-order valence-electron chi connectivity index (χ2n) is 4.56. The highest BCUT2D eigenvalue weighted by molar-refractivity contribution is 9.11. The number of phenolic OH excluding ortho intramolecular Hbond substituents is 1. The minimum Gasteiger partial charge on any atom is -0.508 e. The maximum absolute atomic E-state index is 11.4. The Morgan fingerprint density at radius 1 is 1.10 bits per heavy atom. The number of carboxylic acid groups (broad SMARTS) is 1. The molecule has 2 aromatic carbocycles. The van der Waals surface area contributed by atoms with Crippen molar-refractivity contribution in [1.29, 1.82) is 0 Å². The molecule has 21 heavy (non-hydrogen) atoms. The van der Waals surface area contributed by atoms with Crippen molar-refractivity contribution in [2.45, 2.75) is 12.5 Å². The van der Waals surface area contributed by atoms with Crippen molar-refractivity contribution in [3.05, 3.63) is 57.0 Å². The molecule has 0 aromatic heterocycles. The van der Waals surface area contributed by atoms with E-state index in [2.05, 4.69) is 37.2 Å². The quantitative estimate of drug-likeness (QED) is 0.690. The molecule has 0 aliphatic carbocycles. The molecule has 0 fully saturated rings. The molecule has 2 aromatic rings. The van der Waals surface area contributed by atoms with Gasteiger partial charge in [0.25, 0.3) is 0 Å². The largest absolute Gasteiger partial charge is 0.508 e. The fraction of sp³-hybridized carbons (Fsp3) is 0.133. The Labute approximate surface area is 139 Å². The van der Waals surface area contributed by atoms with Crippen molar-refractivity contribution in [3.63, 3.8) is 0 Å². The second-order valence-corrected chi connectivity index (χ2v) is 6.40. The van der Waals surface area contributed by atoms with Crippen LogP contribution in [0.15, 0.2) is 51.4 Å². The van der Waals surface area contributed by atoms with Crippen molar-refractivity contribution < 1.29 is 15.0 Å². The number of nitrogens with one attached hydrogen (secondary N) is 1. The molecule has 2 rings (SSSR count). The van der Waals surface area contributed by atoms with Crippen molar-refractivity contribution in [2.24, 2.45) is 0 Å². The number of carboxylic acids is 1. The summed E-state index contributed by atoms with van der Waals surface area (Å²) in [5.41, 5.74) is 1.55. The maximum atomic E-state index is 11.4. The van der Waals surface area contributed by atoms with Gasteiger partial charge in [-0.2, -0.15) is 0 Å². The van der Waals surface area contributed by atoms with Crippen LogP contribution in [0.4, 0.5) is 5.69 Å². The Morgan fingerprint density at radius 2 is 1.67 bits per heavy atom. The van der Waals surface area contributed by atoms with Crippen LogP contribution in [0, 0.1) is 0 Å². The van der Waals surface area contributed by atoms with Gasteiger partial charge in [-0.3, -0.25) is 0 Å². The van der Waals surface area contributed by atoms with Gasteiger partial charge < -0.3 is 15.5 Å². The molecule has 0 heterocycles. The van der Waals surface area contributed by atoms with Gasteiger partial charge >= 0.3 is 5.97 Å². The second kappa shape index (κ2) is 6.95. The maximum Gasteiger partial charge on any atom is 0.326 e. The molecule has 110 valence electrons. The Kier molecular flexibility index (Phi) is 5.25. The number of anilines is 1. The summed E-state index contributed by atoms with van der Waals surface area (Å²) in [6.07, 6.45) is 0.319. The van der Waals surface area contributed by atoms with E-state index in [1.807, 2.05) is 18.2 Å². The predicted molar refractivity (Wildman–Crippen MR) is 88.7 cm³/mol. The number of rotatable bonds is 5. The van der Waals surface area contributed by atoms with E-state index >= 15 is 0 Å². The Balaban J connectivity index is 2.15. The Bertz CT molecular complexity index is 624. The van der Waals surface area contributed by atoms with Crippen LogP contribution in [0.3, 0.4) is 0 Å². The van der Waals surface area contributed by atoms with Gasteiger partial charge in [-0.1, -0.05) is 44.0 Å². The summed E-state index contributed by atoms with van der Waals surface area (Å²) in [4.78, 5) is 11.4. The van der Waals surface area contributed by atoms with Crippen molar-refractivity contribution >= 4 is 43.5 Å². The average molecular weight is 415 g/mol. The zero-order valence-corrected chi connectivity index (χ0v) is 14.1. The van der Waals surface area contributed by atoms with Gasteiger partial charge in [0, 0.05) is 21.1 Å². The van der Waals surface area contributed by atoms with E-state index in [1.165, 1.54) is 0 Å². The van der Waals surface area contributed by atoms with Crippen LogP contribution in [0.1, 0.15) is 5.56 Å². The average Bonchev–Trinajstić information content (AvgIpc) is 2.39. The highest BCUT2D eigenvalue weighted by Gasteiger charge is 2.18. The van der Waals surface area contributed by atoms with Crippen molar-refractivity contribution in [1.82, 2.24) is 0 Å². The molecule has 0 amide bonds. The standard InChI is InChI=1S/C15H13Br2NO3/c16-10-6-11(17)8-12(7-10)18-14(15(20)21)5-9-1-3-13(19)4-2-9/h1-4,6-8,14,18-19H,5H2,(H,20,21). The SMILES string of the molecule is O=C(O)C(Cc1ccc(O)cc1)Nc1cc(Br)cc(Br)c1. The topological polar surface area (TPSA) is 69.6 Å². The molecular formula is C15H13Br2NO3. The number of aliphatic carboxylic acids is 1. The minimum absolute atomic E-state index is 0.162. The molecule has 3 N–H and O–H groups in total. The highest BCUT2D eigenvalue weighted by atomic mass is 79.9. The van der Waals surface area contributed by atoms with Gasteiger partial charge in [0.2, 0.25) is 0 Å². The first-order chi connectivity index (χ1) is 9.94. The van der Waals surface area contributed by atoms with Crippen LogP contribution in [0.25, 0.3) is 0 Å². The molecule has 6 heteroatoms. The highest BCUT2D eigenvalue weighted by Crippen LogP contribution is 2.24. The molecule has 1 unspecified atom stereocenters. The van der Waals surface area contributed by atoms with Gasteiger partial charge in [-0.25, -0.2) is 4.79 Å². The Hall–Kier alpha value is -1.53. The van der Waals surface area contributed by atoms with E-state index in [-0.39, 0.29) is 5.75 Å². The predicted octanol–water partition coefficient (Wildman–Crippen LogP) is 4.03. The lowest BCUT2D eigenvalue weighted by Gasteiger charge is -2.16. The summed E-state index contributed by atoms with van der Waals surface area (Å²) in [5.74, 6) is -0.770. The molecule has 1 atom stereocenters. The number of hydrogen-bond acceptors (Lipinski definition) is 3. The number of phenols is 1. The van der Waals surface area contributed by atoms with Gasteiger partial charge in [0.05, 0.1) is 0 Å². The molecular weight excluding hydrogens is 402 g/mol. The van der Waals surface area contributed by atoms with Gasteiger partial charge in [0.1, 0.15) is 11.8 Å². The summed E-state index contributed by atoms with van der Waals surface area (Å²) in [5, 5.41) is 21.6. The summed E-state index contributed by atoms with van der Waals surface area (Å²) in [6, 6.07) is 11.3. The van der Waals surface area contributed by atoms with E-state index < -0.39 is 12.0 Å². The van der Waals surface area contributed by atoms with Crippen LogP contribution in [0.2, 0.25) is 0 Å².